The molecule has 2 aliphatic rings. The highest BCUT2D eigenvalue weighted by atomic mass is 31.2. The molecule has 1 aliphatic heterocycles. The highest BCUT2D eigenvalue weighted by Gasteiger charge is 2.36. The number of nitrogens with one attached hydrogen (secondary N) is 2. The Balaban J connectivity index is 1.53. The monoisotopic (exact) mass is 960 g/mol. The van der Waals surface area contributed by atoms with Crippen molar-refractivity contribution < 1.29 is 67.7 Å². The number of carbonyl (C=O) groups is 6. The number of benzene rings is 2. The van der Waals surface area contributed by atoms with Gasteiger partial charge in [-0.15, -0.1) is 0 Å². The first-order valence-electron chi connectivity index (χ1n) is 22.9. The number of nitrogens with zero attached hydrogens (tertiary/aromatic N) is 4. The molecule has 21 heteroatoms. The van der Waals surface area contributed by atoms with E-state index >= 15 is 0 Å². The number of phosphoric ester groups is 1. The van der Waals surface area contributed by atoms with E-state index in [1.807, 2.05) is 38.7 Å². The number of amides is 2. The zero-order valence-electron chi connectivity index (χ0n) is 39.3. The second-order valence-electron chi connectivity index (χ2n) is 17.7. The Morgan fingerprint density at radius 2 is 1.18 bits per heavy atom. The van der Waals surface area contributed by atoms with E-state index in [4.69, 9.17) is 19.3 Å². The van der Waals surface area contributed by atoms with Crippen LogP contribution in [0.4, 0.5) is 0 Å². The fraction of sp³-hybridized carbons (Fsp3) is 0.609. The van der Waals surface area contributed by atoms with Crippen LogP contribution in [-0.4, -0.2) is 178 Å². The highest BCUT2D eigenvalue weighted by Crippen LogP contribution is 2.46. The van der Waals surface area contributed by atoms with Gasteiger partial charge in [-0.25, -0.2) is 4.57 Å². The van der Waals surface area contributed by atoms with Crippen molar-refractivity contribution in [3.8, 4) is 16.9 Å². The molecule has 1 aliphatic carbocycles. The SMILES string of the molecule is Cc1cc(C)c(-c2cc(C)c(OP(=O)(O)OCCC[C@H](C(=O)O)N3CCN(CC(=O)NCC(=O)O)CCN([C@@H](C(=O)O)C4CCCCC4)CCN(CC(=O)NCC(=O)O)CC3)cc2C)c(C)c1. The van der Waals surface area contributed by atoms with Crippen LogP contribution in [0.15, 0.2) is 24.3 Å². The summed E-state index contributed by atoms with van der Waals surface area (Å²) >= 11 is 0. The zero-order chi connectivity index (χ0) is 49.4. The van der Waals surface area contributed by atoms with Crippen molar-refractivity contribution in [2.24, 2.45) is 5.92 Å². The van der Waals surface area contributed by atoms with Crippen LogP contribution in [0.3, 0.4) is 0 Å². The first kappa shape index (κ1) is 54.7. The van der Waals surface area contributed by atoms with Gasteiger partial charge in [0.2, 0.25) is 11.8 Å². The summed E-state index contributed by atoms with van der Waals surface area (Å²) in [5.41, 5.74) is 6.81. The Bertz CT molecular complexity index is 2050. The van der Waals surface area contributed by atoms with Crippen molar-refractivity contribution >= 4 is 43.5 Å². The van der Waals surface area contributed by atoms with E-state index in [0.717, 1.165) is 65.5 Å². The van der Waals surface area contributed by atoms with E-state index in [-0.39, 0.29) is 96.6 Å². The third-order valence-corrected chi connectivity index (χ3v) is 13.4. The number of aliphatic carboxylic acids is 4. The molecule has 2 amide bonds. The Labute approximate surface area is 392 Å². The van der Waals surface area contributed by atoms with Gasteiger partial charge < -0.3 is 35.6 Å². The molecule has 0 radical (unpaired) electrons. The molecule has 372 valence electrons. The van der Waals surface area contributed by atoms with Crippen LogP contribution in [0, 0.1) is 40.5 Å². The normalized spacial score (nSPS) is 18.4. The molecule has 2 fully saturated rings. The largest absolute Gasteiger partial charge is 0.527 e. The van der Waals surface area contributed by atoms with Crippen LogP contribution >= 0.6 is 7.82 Å². The Kier molecular flexibility index (Phi) is 21.2. The molecule has 7 N–H and O–H groups in total. The summed E-state index contributed by atoms with van der Waals surface area (Å²) in [6.07, 6.45) is 4.18. The lowest BCUT2D eigenvalue weighted by Gasteiger charge is -2.39. The third kappa shape index (κ3) is 17.6. The molecule has 0 spiro atoms. The molecule has 67 heavy (non-hydrogen) atoms. The van der Waals surface area contributed by atoms with E-state index in [1.165, 1.54) is 0 Å². The standard InChI is InChI=1S/C46H69N6O14P/c1-30-22-33(4)43(34(5)23-30)36-24-32(3)38(25-31(36)2)66-67(63,64)65-21-9-12-37(45(59)60)51-17-13-49(28-39(53)47-26-41(55)56)15-19-52(44(46(61)62)35-10-7-6-8-11-35)20-16-50(14-18-51)29-40(54)48-27-42(57)58/h22-25,35,37,44H,6-21,26-29H2,1-5H3,(H,47,53)(H,48,54)(H,55,56)(H,57,58)(H,59,60)(H,61,62)(H,63,64)/t37-,44-/m1/s1. The molecular formula is C46H69N6O14P. The molecule has 2 aromatic rings. The summed E-state index contributed by atoms with van der Waals surface area (Å²) in [7, 11) is -4.68. The van der Waals surface area contributed by atoms with Gasteiger partial charge in [-0.3, -0.25) is 57.8 Å². The Morgan fingerprint density at radius 3 is 1.66 bits per heavy atom. The number of carboxylic acids is 4. The summed E-state index contributed by atoms with van der Waals surface area (Å²) in [6.45, 7) is 8.69. The zero-order valence-corrected chi connectivity index (χ0v) is 40.2. The van der Waals surface area contributed by atoms with Gasteiger partial charge in [-0.1, -0.05) is 37.0 Å². The molecule has 3 atom stereocenters. The maximum absolute atomic E-state index is 13.3. The molecule has 1 heterocycles. The minimum absolute atomic E-state index is 0.0135. The Morgan fingerprint density at radius 1 is 0.672 bits per heavy atom. The van der Waals surface area contributed by atoms with Crippen LogP contribution in [0.1, 0.15) is 72.8 Å². The number of aryl methyl sites for hydroxylation is 5. The van der Waals surface area contributed by atoms with Gasteiger partial charge in [0.1, 0.15) is 30.9 Å². The van der Waals surface area contributed by atoms with E-state index < -0.39 is 68.7 Å². The number of rotatable bonds is 21. The van der Waals surface area contributed by atoms with Gasteiger partial charge >= 0.3 is 31.7 Å². The van der Waals surface area contributed by atoms with Crippen LogP contribution in [0.2, 0.25) is 0 Å². The van der Waals surface area contributed by atoms with Crippen molar-refractivity contribution in [1.29, 1.82) is 0 Å². The molecule has 0 aromatic heterocycles. The minimum atomic E-state index is -4.68. The quantitative estimate of drug-likeness (QED) is 0.0699. The molecule has 1 saturated heterocycles. The maximum atomic E-state index is 13.3. The predicted octanol–water partition coefficient (Wildman–Crippen LogP) is 3.28. The number of carbonyl (C=O) groups excluding carboxylic acids is 2. The highest BCUT2D eigenvalue weighted by molar-refractivity contribution is 7.47. The Hall–Kier alpha value is -4.95. The van der Waals surface area contributed by atoms with Gasteiger partial charge in [-0.05, 0) is 112 Å². The van der Waals surface area contributed by atoms with Gasteiger partial charge in [0, 0.05) is 52.4 Å². The lowest BCUT2D eigenvalue weighted by molar-refractivity contribution is -0.146. The van der Waals surface area contributed by atoms with Crippen LogP contribution in [0.25, 0.3) is 11.1 Å². The summed E-state index contributed by atoms with van der Waals surface area (Å²) in [5.74, 6) is -5.84. The first-order valence-corrected chi connectivity index (χ1v) is 24.3. The molecular weight excluding hydrogens is 892 g/mol. The average Bonchev–Trinajstić information content (AvgIpc) is 3.23. The van der Waals surface area contributed by atoms with Crippen LogP contribution in [0.5, 0.6) is 5.75 Å². The molecule has 1 saturated carbocycles. The summed E-state index contributed by atoms with van der Waals surface area (Å²) < 4.78 is 24.1. The smallest absolute Gasteiger partial charge is 0.480 e. The van der Waals surface area contributed by atoms with Gasteiger partial charge in [0.25, 0.3) is 0 Å². The second-order valence-corrected chi connectivity index (χ2v) is 19.1. The molecule has 0 bridgehead atoms. The third-order valence-electron chi connectivity index (χ3n) is 12.4. The number of hydrogen-bond acceptors (Lipinski definition) is 13. The van der Waals surface area contributed by atoms with Gasteiger partial charge in [0.15, 0.2) is 0 Å². The van der Waals surface area contributed by atoms with Gasteiger partial charge in [-0.2, -0.15) is 0 Å². The van der Waals surface area contributed by atoms with Gasteiger partial charge in [0.05, 0.1) is 19.7 Å². The summed E-state index contributed by atoms with van der Waals surface area (Å²) in [5, 5.41) is 44.1. The summed E-state index contributed by atoms with van der Waals surface area (Å²) in [6, 6.07) is 5.73. The topological polar surface area (TPSA) is 276 Å². The average molecular weight is 961 g/mol. The van der Waals surface area contributed by atoms with Crippen molar-refractivity contribution in [2.45, 2.75) is 91.6 Å². The first-order chi connectivity index (χ1) is 31.6. The molecule has 4 rings (SSSR count). The second kappa shape index (κ2) is 26.0. The van der Waals surface area contributed by atoms with Crippen molar-refractivity contribution in [3.63, 3.8) is 0 Å². The van der Waals surface area contributed by atoms with Crippen molar-refractivity contribution in [1.82, 2.24) is 30.2 Å². The lowest BCUT2D eigenvalue weighted by atomic mass is 9.83. The number of hydrogen-bond donors (Lipinski definition) is 7. The van der Waals surface area contributed by atoms with Crippen LogP contribution < -0.4 is 15.2 Å². The van der Waals surface area contributed by atoms with Crippen LogP contribution in [-0.2, 0) is 37.9 Å². The van der Waals surface area contributed by atoms with E-state index in [2.05, 4.69) is 22.8 Å². The predicted molar refractivity (Wildman–Crippen MR) is 248 cm³/mol. The van der Waals surface area contributed by atoms with E-state index in [0.29, 0.717) is 5.56 Å². The molecule has 2 aromatic carbocycles. The fourth-order valence-corrected chi connectivity index (χ4v) is 10.1. The molecule has 20 nitrogen and oxygen atoms in total. The maximum Gasteiger partial charge on any atom is 0.527 e. The van der Waals surface area contributed by atoms with E-state index in [1.54, 1.807) is 27.7 Å². The summed E-state index contributed by atoms with van der Waals surface area (Å²) in [4.78, 5) is 92.0. The number of carboxylic acid groups (broad SMARTS) is 4. The molecule has 1 unspecified atom stereocenters. The minimum Gasteiger partial charge on any atom is -0.480 e. The lowest BCUT2D eigenvalue weighted by Crippen LogP contribution is -2.55. The van der Waals surface area contributed by atoms with Crippen molar-refractivity contribution in [3.05, 3.63) is 52.1 Å². The number of phosphoric acid groups is 1. The fourth-order valence-electron chi connectivity index (χ4n) is 9.24. The van der Waals surface area contributed by atoms with E-state index in [9.17, 15) is 48.4 Å². The van der Waals surface area contributed by atoms with Crippen molar-refractivity contribution in [2.75, 3.05) is 85.1 Å².